The van der Waals surface area contributed by atoms with Gasteiger partial charge in [-0.15, -0.1) is 0 Å². The molecule has 0 aliphatic carbocycles. The van der Waals surface area contributed by atoms with Gasteiger partial charge in [-0.1, -0.05) is 25.5 Å². The van der Waals surface area contributed by atoms with Crippen molar-refractivity contribution in [2.75, 3.05) is 22.9 Å². The van der Waals surface area contributed by atoms with Crippen LogP contribution in [0.25, 0.3) is 6.08 Å². The standard InChI is InChI=1S/C25H27N3O3/c1-4-5-11-27-12-10-19-14-18(7-9-22(19)27)15-21-23(29)26-25(31)28(24(21)30)20-8-6-16(2)17(3)13-20/h6-9,13-15H,4-5,10-12H2,1-3H3,(H,26,29,31)/b21-15+. The van der Waals surface area contributed by atoms with E-state index in [1.54, 1.807) is 18.2 Å². The minimum atomic E-state index is -0.726. The SMILES string of the molecule is CCCCN1CCc2cc(/C=C3\C(=O)NC(=O)N(c4ccc(C)c(C)c4)C3=O)ccc21. The van der Waals surface area contributed by atoms with Gasteiger partial charge in [-0.2, -0.15) is 0 Å². The number of aryl methyl sites for hydroxylation is 2. The van der Waals surface area contributed by atoms with Crippen molar-refractivity contribution in [2.24, 2.45) is 0 Å². The molecule has 0 spiro atoms. The van der Waals surface area contributed by atoms with Crippen LogP contribution in [0.4, 0.5) is 16.2 Å². The minimum Gasteiger partial charge on any atom is -0.371 e. The van der Waals surface area contributed by atoms with Gasteiger partial charge >= 0.3 is 6.03 Å². The molecule has 2 aliphatic heterocycles. The number of unbranched alkanes of at least 4 members (excludes halogenated alkanes) is 1. The van der Waals surface area contributed by atoms with Gasteiger partial charge in [0.2, 0.25) is 0 Å². The van der Waals surface area contributed by atoms with Crippen LogP contribution in [0.1, 0.15) is 42.0 Å². The second-order valence-corrected chi connectivity index (χ2v) is 8.21. The molecule has 2 aliphatic rings. The molecule has 0 saturated carbocycles. The highest BCUT2D eigenvalue weighted by atomic mass is 16.2. The molecule has 1 fully saturated rings. The van der Waals surface area contributed by atoms with E-state index in [0.29, 0.717) is 5.69 Å². The Bertz CT molecular complexity index is 1100. The molecule has 0 unspecified atom stereocenters. The van der Waals surface area contributed by atoms with Gasteiger partial charge in [-0.25, -0.2) is 9.69 Å². The first-order chi connectivity index (χ1) is 14.9. The molecule has 0 radical (unpaired) electrons. The van der Waals surface area contributed by atoms with Gasteiger partial charge in [0.1, 0.15) is 5.57 Å². The van der Waals surface area contributed by atoms with Gasteiger partial charge in [0.05, 0.1) is 5.69 Å². The number of benzene rings is 2. The molecule has 160 valence electrons. The number of rotatable bonds is 5. The highest BCUT2D eigenvalue weighted by Gasteiger charge is 2.37. The molecule has 0 aromatic heterocycles. The predicted octanol–water partition coefficient (Wildman–Crippen LogP) is 4.13. The number of imide groups is 2. The molecular weight excluding hydrogens is 390 g/mol. The number of carbonyl (C=O) groups excluding carboxylic acids is 3. The van der Waals surface area contributed by atoms with E-state index in [9.17, 15) is 14.4 Å². The summed E-state index contributed by atoms with van der Waals surface area (Å²) in [7, 11) is 0. The van der Waals surface area contributed by atoms with E-state index in [2.05, 4.69) is 23.2 Å². The fraction of sp³-hybridized carbons (Fsp3) is 0.320. The van der Waals surface area contributed by atoms with Crippen LogP contribution in [-0.2, 0) is 16.0 Å². The molecule has 4 amide bonds. The van der Waals surface area contributed by atoms with Crippen molar-refractivity contribution in [1.82, 2.24) is 5.32 Å². The predicted molar refractivity (Wildman–Crippen MR) is 122 cm³/mol. The lowest BCUT2D eigenvalue weighted by Crippen LogP contribution is -2.54. The maximum atomic E-state index is 13.1. The number of urea groups is 1. The Kier molecular flexibility index (Phi) is 5.63. The van der Waals surface area contributed by atoms with E-state index in [4.69, 9.17) is 0 Å². The normalized spacial score (nSPS) is 17.4. The van der Waals surface area contributed by atoms with E-state index in [-0.39, 0.29) is 5.57 Å². The molecular formula is C25H27N3O3. The summed E-state index contributed by atoms with van der Waals surface area (Å²) in [5.41, 5.74) is 5.66. The maximum absolute atomic E-state index is 13.1. The molecule has 0 bridgehead atoms. The van der Waals surface area contributed by atoms with E-state index >= 15 is 0 Å². The molecule has 6 heteroatoms. The summed E-state index contributed by atoms with van der Waals surface area (Å²) < 4.78 is 0. The fourth-order valence-corrected chi connectivity index (χ4v) is 4.08. The molecule has 0 atom stereocenters. The number of carbonyl (C=O) groups is 3. The maximum Gasteiger partial charge on any atom is 0.335 e. The van der Waals surface area contributed by atoms with Gasteiger partial charge in [0.25, 0.3) is 11.8 Å². The first-order valence-electron chi connectivity index (χ1n) is 10.8. The van der Waals surface area contributed by atoms with Gasteiger partial charge in [0, 0.05) is 18.8 Å². The Balaban J connectivity index is 1.64. The Morgan fingerprint density at radius 2 is 1.84 bits per heavy atom. The third-order valence-electron chi connectivity index (χ3n) is 6.04. The number of hydrogen-bond donors (Lipinski definition) is 1. The second-order valence-electron chi connectivity index (χ2n) is 8.21. The van der Waals surface area contributed by atoms with Crippen molar-refractivity contribution >= 4 is 35.3 Å². The highest BCUT2D eigenvalue weighted by Crippen LogP contribution is 2.30. The van der Waals surface area contributed by atoms with Crippen LogP contribution in [0.5, 0.6) is 0 Å². The van der Waals surface area contributed by atoms with Crippen LogP contribution in [0.3, 0.4) is 0 Å². The zero-order chi connectivity index (χ0) is 22.1. The number of barbiturate groups is 1. The minimum absolute atomic E-state index is 0.0429. The third kappa shape index (κ3) is 3.98. The third-order valence-corrected chi connectivity index (χ3v) is 6.04. The molecule has 4 rings (SSSR count). The average Bonchev–Trinajstić information content (AvgIpc) is 3.14. The number of nitrogens with zero attached hydrogens (tertiary/aromatic N) is 2. The van der Waals surface area contributed by atoms with Crippen molar-refractivity contribution in [2.45, 2.75) is 40.0 Å². The zero-order valence-electron chi connectivity index (χ0n) is 18.2. The van der Waals surface area contributed by atoms with Crippen molar-refractivity contribution in [3.05, 3.63) is 64.2 Å². The zero-order valence-corrected chi connectivity index (χ0v) is 18.2. The quantitative estimate of drug-likeness (QED) is 0.587. The smallest absolute Gasteiger partial charge is 0.335 e. The summed E-state index contributed by atoms with van der Waals surface area (Å²) in [4.78, 5) is 41.4. The number of fused-ring (bicyclic) bond motifs is 1. The summed E-state index contributed by atoms with van der Waals surface area (Å²) in [6, 6.07) is 10.6. The van der Waals surface area contributed by atoms with E-state index in [0.717, 1.165) is 53.9 Å². The van der Waals surface area contributed by atoms with Crippen LogP contribution in [0.2, 0.25) is 0 Å². The first-order valence-corrected chi connectivity index (χ1v) is 10.8. The van der Waals surface area contributed by atoms with Gasteiger partial charge in [-0.05, 0) is 79.3 Å². The number of hydrogen-bond acceptors (Lipinski definition) is 4. The highest BCUT2D eigenvalue weighted by molar-refractivity contribution is 6.39. The summed E-state index contributed by atoms with van der Waals surface area (Å²) >= 11 is 0. The molecule has 2 heterocycles. The monoisotopic (exact) mass is 417 g/mol. The van der Waals surface area contributed by atoms with Gasteiger partial charge in [-0.3, -0.25) is 14.9 Å². The molecule has 2 aromatic carbocycles. The molecule has 6 nitrogen and oxygen atoms in total. The Morgan fingerprint density at radius 3 is 2.58 bits per heavy atom. The van der Waals surface area contributed by atoms with Crippen LogP contribution in [-0.4, -0.2) is 30.9 Å². The number of nitrogens with one attached hydrogen (secondary N) is 1. The summed E-state index contributed by atoms with van der Waals surface area (Å²) in [6.45, 7) is 8.09. The number of anilines is 2. The van der Waals surface area contributed by atoms with Gasteiger partial charge in [0.15, 0.2) is 0 Å². The lowest BCUT2D eigenvalue weighted by molar-refractivity contribution is -0.122. The van der Waals surface area contributed by atoms with Crippen molar-refractivity contribution in [3.63, 3.8) is 0 Å². The molecule has 1 saturated heterocycles. The summed E-state index contributed by atoms with van der Waals surface area (Å²) in [5, 5.41) is 2.30. The van der Waals surface area contributed by atoms with E-state index < -0.39 is 17.8 Å². The van der Waals surface area contributed by atoms with Crippen molar-refractivity contribution in [1.29, 1.82) is 0 Å². The van der Waals surface area contributed by atoms with Gasteiger partial charge < -0.3 is 4.90 Å². The Morgan fingerprint density at radius 1 is 1.03 bits per heavy atom. The van der Waals surface area contributed by atoms with Crippen LogP contribution >= 0.6 is 0 Å². The fourth-order valence-electron chi connectivity index (χ4n) is 4.08. The molecule has 31 heavy (non-hydrogen) atoms. The lowest BCUT2D eigenvalue weighted by atomic mass is 10.0. The van der Waals surface area contributed by atoms with Crippen molar-refractivity contribution in [3.8, 4) is 0 Å². The molecule has 1 N–H and O–H groups in total. The molecule has 2 aromatic rings. The summed E-state index contributed by atoms with van der Waals surface area (Å²) in [5.74, 6) is -1.28. The topological polar surface area (TPSA) is 69.7 Å². The summed E-state index contributed by atoms with van der Waals surface area (Å²) in [6.07, 6.45) is 4.84. The second kappa shape index (κ2) is 8.38. The van der Waals surface area contributed by atoms with Crippen LogP contribution in [0.15, 0.2) is 42.0 Å². The average molecular weight is 418 g/mol. The van der Waals surface area contributed by atoms with E-state index in [1.165, 1.54) is 11.3 Å². The number of amides is 4. The van der Waals surface area contributed by atoms with Crippen molar-refractivity contribution < 1.29 is 14.4 Å². The van der Waals surface area contributed by atoms with Crippen LogP contribution in [0, 0.1) is 13.8 Å². The van der Waals surface area contributed by atoms with Crippen LogP contribution < -0.4 is 15.1 Å². The largest absolute Gasteiger partial charge is 0.371 e. The Hall–Kier alpha value is -3.41. The van der Waals surface area contributed by atoms with E-state index in [1.807, 2.05) is 32.0 Å². The lowest BCUT2D eigenvalue weighted by Gasteiger charge is -2.27. The Labute approximate surface area is 182 Å². The first kappa shape index (κ1) is 20.8.